The average molecular weight is 422 g/mol. The molecule has 6 heteroatoms. The van der Waals surface area contributed by atoms with E-state index >= 15 is 0 Å². The third kappa shape index (κ3) is 5.14. The lowest BCUT2D eigenvalue weighted by molar-refractivity contribution is -0.116. The minimum absolute atomic E-state index is 0.0677. The predicted molar refractivity (Wildman–Crippen MR) is 121 cm³/mol. The monoisotopic (exact) mass is 421 g/mol. The topological polar surface area (TPSA) is 54.5 Å². The van der Waals surface area contributed by atoms with E-state index in [1.54, 1.807) is 0 Å². The first-order chi connectivity index (χ1) is 14.6. The number of hydrogen-bond donors (Lipinski definition) is 1. The second-order valence-corrected chi connectivity index (χ2v) is 8.70. The SMILES string of the molecule is CC1CN(Cc2csc(NC(=O)C(c3ccccc3)c3ccccc3)n2)CC(C)O1. The summed E-state index contributed by atoms with van der Waals surface area (Å²) >= 11 is 1.47. The van der Waals surface area contributed by atoms with Crippen LogP contribution in [0.15, 0.2) is 66.0 Å². The molecule has 5 nitrogen and oxygen atoms in total. The van der Waals surface area contributed by atoms with Gasteiger partial charge in [-0.25, -0.2) is 4.98 Å². The highest BCUT2D eigenvalue weighted by molar-refractivity contribution is 7.13. The Morgan fingerprint density at radius 2 is 1.63 bits per heavy atom. The predicted octanol–water partition coefficient (Wildman–Crippen LogP) is 4.52. The highest BCUT2D eigenvalue weighted by Gasteiger charge is 2.25. The smallest absolute Gasteiger partial charge is 0.238 e. The van der Waals surface area contributed by atoms with E-state index in [1.165, 1.54) is 11.3 Å². The number of carbonyl (C=O) groups excluding carboxylic acids is 1. The van der Waals surface area contributed by atoms with Gasteiger partial charge in [0.05, 0.1) is 23.8 Å². The Bertz CT molecular complexity index is 911. The zero-order valence-corrected chi connectivity index (χ0v) is 18.1. The second kappa shape index (κ2) is 9.51. The van der Waals surface area contributed by atoms with Crippen LogP contribution in [0.5, 0.6) is 0 Å². The van der Waals surface area contributed by atoms with Gasteiger partial charge in [0.15, 0.2) is 5.13 Å². The number of carbonyl (C=O) groups is 1. The fourth-order valence-corrected chi connectivity index (χ4v) is 4.75. The minimum atomic E-state index is -0.374. The molecule has 1 N–H and O–H groups in total. The van der Waals surface area contributed by atoms with Crippen LogP contribution in [0.25, 0.3) is 0 Å². The van der Waals surface area contributed by atoms with E-state index in [9.17, 15) is 4.79 Å². The molecule has 0 spiro atoms. The van der Waals surface area contributed by atoms with E-state index in [0.717, 1.165) is 36.5 Å². The van der Waals surface area contributed by atoms with Gasteiger partial charge in [-0.2, -0.15) is 0 Å². The zero-order valence-electron chi connectivity index (χ0n) is 17.3. The Morgan fingerprint density at radius 1 is 1.07 bits per heavy atom. The van der Waals surface area contributed by atoms with Crippen molar-refractivity contribution in [1.82, 2.24) is 9.88 Å². The van der Waals surface area contributed by atoms with Crippen LogP contribution in [0.2, 0.25) is 0 Å². The van der Waals surface area contributed by atoms with Crippen molar-refractivity contribution >= 4 is 22.4 Å². The van der Waals surface area contributed by atoms with Crippen molar-refractivity contribution in [3.05, 3.63) is 82.9 Å². The maximum Gasteiger partial charge on any atom is 0.238 e. The summed E-state index contributed by atoms with van der Waals surface area (Å²) in [6, 6.07) is 19.7. The van der Waals surface area contributed by atoms with E-state index in [0.29, 0.717) is 5.13 Å². The Hall–Kier alpha value is -2.54. The molecule has 0 radical (unpaired) electrons. The lowest BCUT2D eigenvalue weighted by Gasteiger charge is -2.34. The van der Waals surface area contributed by atoms with Crippen LogP contribution in [0.3, 0.4) is 0 Å². The van der Waals surface area contributed by atoms with Gasteiger partial charge in [0.25, 0.3) is 0 Å². The number of aromatic nitrogens is 1. The van der Waals surface area contributed by atoms with Crippen molar-refractivity contribution in [1.29, 1.82) is 0 Å². The Labute approximate surface area is 181 Å². The molecular weight excluding hydrogens is 394 g/mol. The van der Waals surface area contributed by atoms with Crippen molar-refractivity contribution in [2.45, 2.75) is 38.5 Å². The quantitative estimate of drug-likeness (QED) is 0.636. The molecule has 30 heavy (non-hydrogen) atoms. The summed E-state index contributed by atoms with van der Waals surface area (Å²) in [7, 11) is 0. The standard InChI is InChI=1S/C24H27N3O2S/c1-17-13-27(14-18(2)29-17)15-21-16-30-24(25-21)26-23(28)22(19-9-5-3-6-10-19)20-11-7-4-8-12-20/h3-12,16-18,22H,13-15H2,1-2H3,(H,25,26,28). The molecule has 2 heterocycles. The first-order valence-corrected chi connectivity index (χ1v) is 11.2. The number of thiazole rings is 1. The molecule has 3 aromatic rings. The summed E-state index contributed by atoms with van der Waals surface area (Å²) < 4.78 is 5.81. The van der Waals surface area contributed by atoms with E-state index < -0.39 is 0 Å². The molecule has 2 atom stereocenters. The molecule has 1 aliphatic heterocycles. The molecule has 4 rings (SSSR count). The van der Waals surface area contributed by atoms with Gasteiger partial charge < -0.3 is 10.1 Å². The molecule has 0 bridgehead atoms. The molecule has 1 saturated heterocycles. The van der Waals surface area contributed by atoms with Gasteiger partial charge in [-0.1, -0.05) is 60.7 Å². The highest BCUT2D eigenvalue weighted by atomic mass is 32.1. The van der Waals surface area contributed by atoms with Crippen LogP contribution in [0, 0.1) is 0 Å². The number of rotatable bonds is 6. The summed E-state index contributed by atoms with van der Waals surface area (Å²) in [5.41, 5.74) is 2.91. The molecule has 1 aliphatic rings. The number of nitrogens with one attached hydrogen (secondary N) is 1. The number of hydrogen-bond acceptors (Lipinski definition) is 5. The third-order valence-electron chi connectivity index (χ3n) is 5.19. The summed E-state index contributed by atoms with van der Waals surface area (Å²) in [6.07, 6.45) is 0.452. The first-order valence-electron chi connectivity index (χ1n) is 10.3. The molecule has 1 amide bonds. The lowest BCUT2D eigenvalue weighted by atomic mass is 9.90. The van der Waals surface area contributed by atoms with Gasteiger partial charge in [-0.05, 0) is 25.0 Å². The number of nitrogens with zero attached hydrogens (tertiary/aromatic N) is 2. The van der Waals surface area contributed by atoms with E-state index in [4.69, 9.17) is 4.74 Å². The van der Waals surface area contributed by atoms with E-state index in [1.807, 2.05) is 66.0 Å². The van der Waals surface area contributed by atoms with Gasteiger partial charge in [0, 0.05) is 25.0 Å². The molecule has 2 unspecified atom stereocenters. The summed E-state index contributed by atoms with van der Waals surface area (Å²) in [5, 5.41) is 5.71. The van der Waals surface area contributed by atoms with Gasteiger partial charge in [0.1, 0.15) is 0 Å². The van der Waals surface area contributed by atoms with Crippen LogP contribution in [-0.2, 0) is 16.1 Å². The van der Waals surface area contributed by atoms with Gasteiger partial charge in [0.2, 0.25) is 5.91 Å². The zero-order chi connectivity index (χ0) is 20.9. The minimum Gasteiger partial charge on any atom is -0.373 e. The van der Waals surface area contributed by atoms with Crippen molar-refractivity contribution in [2.24, 2.45) is 0 Å². The van der Waals surface area contributed by atoms with Gasteiger partial charge in [-0.3, -0.25) is 9.69 Å². The molecule has 2 aromatic carbocycles. The normalized spacial score (nSPS) is 19.7. The molecule has 1 fully saturated rings. The second-order valence-electron chi connectivity index (χ2n) is 7.84. The van der Waals surface area contributed by atoms with Crippen LogP contribution < -0.4 is 5.32 Å². The van der Waals surface area contributed by atoms with Crippen LogP contribution in [-0.4, -0.2) is 41.1 Å². The Morgan fingerprint density at radius 3 is 2.20 bits per heavy atom. The molecular formula is C24H27N3O2S. The van der Waals surface area contributed by atoms with Crippen molar-refractivity contribution < 1.29 is 9.53 Å². The van der Waals surface area contributed by atoms with E-state index in [-0.39, 0.29) is 24.0 Å². The lowest BCUT2D eigenvalue weighted by Crippen LogP contribution is -2.44. The number of amides is 1. The molecule has 1 aromatic heterocycles. The third-order valence-corrected chi connectivity index (χ3v) is 6.00. The Balaban J connectivity index is 1.47. The van der Waals surface area contributed by atoms with Crippen LogP contribution in [0.4, 0.5) is 5.13 Å². The summed E-state index contributed by atoms with van der Waals surface area (Å²) in [5.74, 6) is -0.442. The fourth-order valence-electron chi connectivity index (χ4n) is 4.04. The van der Waals surface area contributed by atoms with Gasteiger partial charge in [-0.15, -0.1) is 11.3 Å². The number of benzene rings is 2. The fraction of sp³-hybridized carbons (Fsp3) is 0.333. The van der Waals surface area contributed by atoms with E-state index in [2.05, 4.69) is 29.0 Å². The Kier molecular flexibility index (Phi) is 6.57. The highest BCUT2D eigenvalue weighted by Crippen LogP contribution is 2.27. The van der Waals surface area contributed by atoms with Crippen LogP contribution >= 0.6 is 11.3 Å². The number of ether oxygens (including phenoxy) is 1. The summed E-state index contributed by atoms with van der Waals surface area (Å²) in [4.78, 5) is 20.3. The summed E-state index contributed by atoms with van der Waals surface area (Å²) in [6.45, 7) is 6.76. The molecule has 0 aliphatic carbocycles. The maximum absolute atomic E-state index is 13.2. The number of morpholine rings is 1. The van der Waals surface area contributed by atoms with Crippen molar-refractivity contribution in [2.75, 3.05) is 18.4 Å². The van der Waals surface area contributed by atoms with Gasteiger partial charge >= 0.3 is 0 Å². The number of anilines is 1. The van der Waals surface area contributed by atoms with Crippen LogP contribution in [0.1, 0.15) is 36.6 Å². The first kappa shape index (κ1) is 20.7. The maximum atomic E-state index is 13.2. The average Bonchev–Trinajstić information content (AvgIpc) is 3.15. The van der Waals surface area contributed by atoms with Crippen molar-refractivity contribution in [3.63, 3.8) is 0 Å². The molecule has 0 saturated carbocycles. The molecule has 156 valence electrons. The largest absolute Gasteiger partial charge is 0.373 e. The van der Waals surface area contributed by atoms with Crippen molar-refractivity contribution in [3.8, 4) is 0 Å².